The summed E-state index contributed by atoms with van der Waals surface area (Å²) >= 11 is 7.45. The van der Waals surface area contributed by atoms with Crippen molar-refractivity contribution in [2.24, 2.45) is 0 Å². The van der Waals surface area contributed by atoms with E-state index in [1.807, 2.05) is 6.92 Å². The fourth-order valence-corrected chi connectivity index (χ4v) is 3.91. The van der Waals surface area contributed by atoms with Crippen LogP contribution in [0.3, 0.4) is 0 Å². The van der Waals surface area contributed by atoms with Gasteiger partial charge in [-0.2, -0.15) is 0 Å². The lowest BCUT2D eigenvalue weighted by molar-refractivity contribution is 0.582. The number of hydrogen-bond donors (Lipinski definition) is 1. The molecular weight excluding hydrogens is 304 g/mol. The Morgan fingerprint density at radius 3 is 2.74 bits per heavy atom. The van der Waals surface area contributed by atoms with E-state index in [9.17, 15) is 8.42 Å². The third kappa shape index (κ3) is 3.76. The predicted molar refractivity (Wildman–Crippen MR) is 77.2 cm³/mol. The SMILES string of the molecule is Cc1ncc(CCNS(=O)(=O)c2ccccc2Cl)s1. The summed E-state index contributed by atoms with van der Waals surface area (Å²) in [6.07, 6.45) is 2.39. The van der Waals surface area contributed by atoms with E-state index >= 15 is 0 Å². The monoisotopic (exact) mass is 316 g/mol. The summed E-state index contributed by atoms with van der Waals surface area (Å²) < 4.78 is 26.6. The molecule has 0 aliphatic heterocycles. The van der Waals surface area contributed by atoms with Crippen molar-refractivity contribution in [1.29, 1.82) is 0 Å². The minimum absolute atomic E-state index is 0.108. The van der Waals surface area contributed by atoms with Crippen LogP contribution in [-0.2, 0) is 16.4 Å². The molecule has 0 aliphatic rings. The van der Waals surface area contributed by atoms with Gasteiger partial charge in [0.25, 0.3) is 0 Å². The molecule has 1 aromatic heterocycles. The van der Waals surface area contributed by atoms with E-state index < -0.39 is 10.0 Å². The maximum atomic E-state index is 12.0. The van der Waals surface area contributed by atoms with Crippen LogP contribution < -0.4 is 4.72 Å². The number of aryl methyl sites for hydroxylation is 1. The molecule has 1 N–H and O–H groups in total. The standard InChI is InChI=1S/C12H13ClN2O2S2/c1-9-14-8-10(18-9)6-7-15-19(16,17)12-5-3-2-4-11(12)13/h2-5,8,15H,6-7H2,1H3. The van der Waals surface area contributed by atoms with Crippen LogP contribution in [0.5, 0.6) is 0 Å². The van der Waals surface area contributed by atoms with Crippen LogP contribution in [0.15, 0.2) is 35.4 Å². The van der Waals surface area contributed by atoms with E-state index in [1.54, 1.807) is 35.7 Å². The van der Waals surface area contributed by atoms with Gasteiger partial charge in [0.05, 0.1) is 10.0 Å². The van der Waals surface area contributed by atoms with Gasteiger partial charge in [-0.3, -0.25) is 0 Å². The lowest BCUT2D eigenvalue weighted by Crippen LogP contribution is -2.26. The molecule has 7 heteroatoms. The smallest absolute Gasteiger partial charge is 0.242 e. The Kier molecular flexibility index (Phi) is 4.57. The molecule has 1 aromatic carbocycles. The zero-order valence-corrected chi connectivity index (χ0v) is 12.6. The van der Waals surface area contributed by atoms with Gasteiger partial charge >= 0.3 is 0 Å². The van der Waals surface area contributed by atoms with Gasteiger partial charge in [0.2, 0.25) is 10.0 Å². The summed E-state index contributed by atoms with van der Waals surface area (Å²) in [4.78, 5) is 5.29. The summed E-state index contributed by atoms with van der Waals surface area (Å²) in [6.45, 7) is 2.25. The molecule has 0 unspecified atom stereocenters. The van der Waals surface area contributed by atoms with Gasteiger partial charge < -0.3 is 0 Å². The molecule has 0 bridgehead atoms. The molecule has 4 nitrogen and oxygen atoms in total. The fourth-order valence-electron chi connectivity index (χ4n) is 1.57. The van der Waals surface area contributed by atoms with Crippen molar-refractivity contribution >= 4 is 33.0 Å². The van der Waals surface area contributed by atoms with Crippen LogP contribution in [0.4, 0.5) is 0 Å². The van der Waals surface area contributed by atoms with Gasteiger partial charge in [-0.05, 0) is 25.5 Å². The Morgan fingerprint density at radius 1 is 1.37 bits per heavy atom. The molecule has 0 saturated heterocycles. The van der Waals surface area contributed by atoms with E-state index in [4.69, 9.17) is 11.6 Å². The second kappa shape index (κ2) is 6.00. The second-order valence-electron chi connectivity index (χ2n) is 3.92. The summed E-state index contributed by atoms with van der Waals surface area (Å²) in [7, 11) is -3.55. The lowest BCUT2D eigenvalue weighted by Gasteiger charge is -2.07. The maximum absolute atomic E-state index is 12.0. The summed E-state index contributed by atoms with van der Waals surface area (Å²) in [5.41, 5.74) is 0. The Hall–Kier alpha value is -0.950. The molecular formula is C12H13ClN2O2S2. The number of hydrogen-bond acceptors (Lipinski definition) is 4. The maximum Gasteiger partial charge on any atom is 0.242 e. The molecule has 19 heavy (non-hydrogen) atoms. The van der Waals surface area contributed by atoms with E-state index in [0.29, 0.717) is 13.0 Å². The Bertz CT molecular complexity index is 668. The average Bonchev–Trinajstić information content (AvgIpc) is 2.75. The molecule has 102 valence electrons. The van der Waals surface area contributed by atoms with Gasteiger partial charge in [-0.25, -0.2) is 18.1 Å². The number of rotatable bonds is 5. The Labute approximate surface area is 121 Å². The Morgan fingerprint density at radius 2 is 2.11 bits per heavy atom. The zero-order valence-electron chi connectivity index (χ0n) is 10.3. The number of sulfonamides is 1. The van der Waals surface area contributed by atoms with Crippen LogP contribution in [0, 0.1) is 6.92 Å². The topological polar surface area (TPSA) is 59.1 Å². The van der Waals surface area contributed by atoms with Crippen LogP contribution in [-0.4, -0.2) is 19.9 Å². The first-order valence-corrected chi connectivity index (χ1v) is 8.32. The van der Waals surface area contributed by atoms with Crippen molar-refractivity contribution in [3.8, 4) is 0 Å². The fraction of sp³-hybridized carbons (Fsp3) is 0.250. The minimum Gasteiger partial charge on any atom is -0.250 e. The van der Waals surface area contributed by atoms with E-state index in [2.05, 4.69) is 9.71 Å². The van der Waals surface area contributed by atoms with Crippen LogP contribution >= 0.6 is 22.9 Å². The van der Waals surface area contributed by atoms with Crippen molar-refractivity contribution in [2.75, 3.05) is 6.54 Å². The molecule has 1 heterocycles. The third-order valence-corrected chi connectivity index (χ3v) is 5.39. The molecule has 2 rings (SSSR count). The molecule has 0 spiro atoms. The van der Waals surface area contributed by atoms with E-state index in [1.165, 1.54) is 6.07 Å². The highest BCUT2D eigenvalue weighted by Gasteiger charge is 2.16. The van der Waals surface area contributed by atoms with Crippen LogP contribution in [0.1, 0.15) is 9.88 Å². The summed E-state index contributed by atoms with van der Waals surface area (Å²) in [5.74, 6) is 0. The number of nitrogens with zero attached hydrogens (tertiary/aromatic N) is 1. The summed E-state index contributed by atoms with van der Waals surface area (Å²) in [5, 5.41) is 1.20. The van der Waals surface area contributed by atoms with Crippen molar-refractivity contribution in [2.45, 2.75) is 18.2 Å². The third-order valence-electron chi connectivity index (χ3n) is 2.46. The molecule has 0 radical (unpaired) electrons. The van der Waals surface area contributed by atoms with Gasteiger partial charge in [0.15, 0.2) is 0 Å². The molecule has 2 aromatic rings. The van der Waals surface area contributed by atoms with Gasteiger partial charge in [-0.15, -0.1) is 11.3 Å². The van der Waals surface area contributed by atoms with Gasteiger partial charge in [-0.1, -0.05) is 23.7 Å². The largest absolute Gasteiger partial charge is 0.250 e. The zero-order chi connectivity index (χ0) is 13.9. The molecule has 0 atom stereocenters. The number of nitrogens with one attached hydrogen (secondary N) is 1. The lowest BCUT2D eigenvalue weighted by atomic mass is 10.4. The van der Waals surface area contributed by atoms with Crippen molar-refractivity contribution in [3.05, 3.63) is 45.4 Å². The first-order chi connectivity index (χ1) is 8.99. The highest BCUT2D eigenvalue weighted by atomic mass is 35.5. The Balaban J connectivity index is 2.01. The normalized spacial score (nSPS) is 11.7. The number of benzene rings is 1. The number of halogens is 1. The quantitative estimate of drug-likeness (QED) is 0.922. The van der Waals surface area contributed by atoms with Crippen molar-refractivity contribution < 1.29 is 8.42 Å². The summed E-state index contributed by atoms with van der Waals surface area (Å²) in [6, 6.07) is 6.39. The highest BCUT2D eigenvalue weighted by Crippen LogP contribution is 2.20. The second-order valence-corrected chi connectivity index (χ2v) is 7.39. The predicted octanol–water partition coefficient (Wildman–Crippen LogP) is 2.63. The molecule has 0 aliphatic carbocycles. The number of aromatic nitrogens is 1. The van der Waals surface area contributed by atoms with E-state index in [0.717, 1.165) is 9.88 Å². The first kappa shape index (κ1) is 14.5. The highest BCUT2D eigenvalue weighted by molar-refractivity contribution is 7.89. The van der Waals surface area contributed by atoms with Gasteiger partial charge in [0, 0.05) is 17.6 Å². The van der Waals surface area contributed by atoms with Crippen molar-refractivity contribution in [1.82, 2.24) is 9.71 Å². The average molecular weight is 317 g/mol. The van der Waals surface area contributed by atoms with E-state index in [-0.39, 0.29) is 9.92 Å². The molecule has 0 saturated carbocycles. The van der Waals surface area contributed by atoms with Crippen LogP contribution in [0.25, 0.3) is 0 Å². The van der Waals surface area contributed by atoms with Gasteiger partial charge in [0.1, 0.15) is 4.90 Å². The minimum atomic E-state index is -3.55. The van der Waals surface area contributed by atoms with Crippen LogP contribution in [0.2, 0.25) is 5.02 Å². The molecule has 0 fully saturated rings. The van der Waals surface area contributed by atoms with Crippen molar-refractivity contribution in [3.63, 3.8) is 0 Å². The number of thiazole rings is 1. The molecule has 0 amide bonds. The first-order valence-electron chi connectivity index (χ1n) is 5.64.